The van der Waals surface area contributed by atoms with Crippen LogP contribution in [0.3, 0.4) is 0 Å². The van der Waals surface area contributed by atoms with Gasteiger partial charge in [-0.2, -0.15) is 0 Å². The highest BCUT2D eigenvalue weighted by Crippen LogP contribution is 2.34. The lowest BCUT2D eigenvalue weighted by molar-refractivity contribution is -0.112. The molecule has 2 aliphatic rings. The van der Waals surface area contributed by atoms with Crippen molar-refractivity contribution in [1.82, 2.24) is 9.80 Å². The number of piperidine rings is 1. The van der Waals surface area contributed by atoms with Gasteiger partial charge in [-0.15, -0.1) is 0 Å². The van der Waals surface area contributed by atoms with Gasteiger partial charge >= 0.3 is 0 Å². The normalized spacial score (nSPS) is 21.3. The van der Waals surface area contributed by atoms with Gasteiger partial charge in [-0.1, -0.05) is 42.5 Å². The molecule has 0 spiro atoms. The molecule has 2 N–H and O–H groups in total. The van der Waals surface area contributed by atoms with Crippen LogP contribution in [0.5, 0.6) is 0 Å². The molecule has 2 heterocycles. The number of fused-ring (bicyclic) bond motifs is 1. The maximum absolute atomic E-state index is 11.7. The summed E-state index contributed by atoms with van der Waals surface area (Å²) in [6, 6.07) is 16.5. The molecule has 2 aromatic carbocycles. The molecule has 1 atom stereocenters. The molecular weight excluding hydrogens is 334 g/mol. The van der Waals surface area contributed by atoms with Gasteiger partial charge in [-0.3, -0.25) is 4.90 Å². The number of para-hydroxylation sites is 1. The third kappa shape index (κ3) is 4.07. The zero-order valence-electron chi connectivity index (χ0n) is 15.9. The Balaban J connectivity index is 1.26. The molecule has 0 radical (unpaired) electrons. The number of nitrogens with zero attached hydrogens (tertiary/aromatic N) is 2. The first-order valence-corrected chi connectivity index (χ1v) is 10.1. The van der Waals surface area contributed by atoms with Gasteiger partial charge in [0.25, 0.3) is 0 Å². The fraction of sp³-hybridized carbons (Fsp3) is 0.435. The first-order valence-electron chi connectivity index (χ1n) is 10.1. The van der Waals surface area contributed by atoms with Gasteiger partial charge in [0.05, 0.1) is 6.04 Å². The van der Waals surface area contributed by atoms with Crippen LogP contribution in [-0.4, -0.2) is 42.3 Å². The van der Waals surface area contributed by atoms with Crippen LogP contribution in [0.4, 0.5) is 5.69 Å². The summed E-state index contributed by atoms with van der Waals surface area (Å²) in [6.07, 6.45) is 4.56. The Kier molecular flexibility index (Phi) is 5.55. The minimum atomic E-state index is -0.0553. The van der Waals surface area contributed by atoms with Crippen molar-refractivity contribution in [3.05, 3.63) is 65.2 Å². The van der Waals surface area contributed by atoms with Crippen LogP contribution in [-0.2, 0) is 17.8 Å². The van der Waals surface area contributed by atoms with Gasteiger partial charge in [0, 0.05) is 25.3 Å². The molecule has 27 heavy (non-hydrogen) atoms. The lowest BCUT2D eigenvalue weighted by Gasteiger charge is -2.34. The van der Waals surface area contributed by atoms with Crippen molar-refractivity contribution >= 4 is 12.0 Å². The van der Waals surface area contributed by atoms with Crippen molar-refractivity contribution in [3.63, 3.8) is 0 Å². The second-order valence-corrected chi connectivity index (χ2v) is 7.94. The lowest BCUT2D eigenvalue weighted by atomic mass is 9.95. The molecule has 2 aliphatic heterocycles. The van der Waals surface area contributed by atoms with E-state index in [2.05, 4.69) is 40.1 Å². The lowest BCUT2D eigenvalue weighted by Crippen LogP contribution is -2.39. The summed E-state index contributed by atoms with van der Waals surface area (Å²) in [5, 5.41) is 0. The third-order valence-electron chi connectivity index (χ3n) is 6.22. The van der Waals surface area contributed by atoms with Crippen LogP contribution in [0.15, 0.2) is 48.5 Å². The second kappa shape index (κ2) is 8.24. The minimum absolute atomic E-state index is 0.0553. The Morgan fingerprint density at radius 2 is 1.78 bits per heavy atom. The molecular formula is C23H29N3O. The van der Waals surface area contributed by atoms with E-state index in [4.69, 9.17) is 5.73 Å². The number of hydrogen-bond acceptors (Lipinski definition) is 4. The number of aldehydes is 1. The van der Waals surface area contributed by atoms with E-state index in [0.717, 1.165) is 51.1 Å². The van der Waals surface area contributed by atoms with Crippen molar-refractivity contribution in [3.8, 4) is 0 Å². The van der Waals surface area contributed by atoms with E-state index in [1.165, 1.54) is 29.5 Å². The highest BCUT2D eigenvalue weighted by Gasteiger charge is 2.31. The van der Waals surface area contributed by atoms with E-state index < -0.39 is 0 Å². The molecule has 4 heteroatoms. The first kappa shape index (κ1) is 18.2. The predicted molar refractivity (Wildman–Crippen MR) is 109 cm³/mol. The Morgan fingerprint density at radius 3 is 2.56 bits per heavy atom. The Morgan fingerprint density at radius 1 is 1.04 bits per heavy atom. The van der Waals surface area contributed by atoms with Crippen molar-refractivity contribution in [2.75, 3.05) is 31.9 Å². The number of anilines is 1. The summed E-state index contributed by atoms with van der Waals surface area (Å²) in [7, 11) is 0. The van der Waals surface area contributed by atoms with Gasteiger partial charge in [0.2, 0.25) is 0 Å². The second-order valence-electron chi connectivity index (χ2n) is 7.94. The van der Waals surface area contributed by atoms with Crippen molar-refractivity contribution in [2.24, 2.45) is 5.92 Å². The Labute approximate surface area is 162 Å². The van der Waals surface area contributed by atoms with Crippen LogP contribution in [0.2, 0.25) is 0 Å². The molecule has 142 valence electrons. The third-order valence-corrected chi connectivity index (χ3v) is 6.22. The number of nitrogens with two attached hydrogens (primary N) is 1. The summed E-state index contributed by atoms with van der Waals surface area (Å²) in [5.74, 6) is 0.680. The minimum Gasteiger partial charge on any atom is -0.399 e. The molecule has 0 aromatic heterocycles. The van der Waals surface area contributed by atoms with Crippen LogP contribution in [0.25, 0.3) is 0 Å². The molecule has 1 fully saturated rings. The number of nitrogen functional groups attached to an aromatic ring is 1. The van der Waals surface area contributed by atoms with E-state index >= 15 is 0 Å². The summed E-state index contributed by atoms with van der Waals surface area (Å²) in [6.45, 7) is 5.30. The van der Waals surface area contributed by atoms with Gasteiger partial charge < -0.3 is 15.4 Å². The van der Waals surface area contributed by atoms with E-state index in [-0.39, 0.29) is 6.04 Å². The molecule has 4 nitrogen and oxygen atoms in total. The van der Waals surface area contributed by atoms with Gasteiger partial charge in [-0.25, -0.2) is 0 Å². The quantitative estimate of drug-likeness (QED) is 0.632. The topological polar surface area (TPSA) is 49.6 Å². The summed E-state index contributed by atoms with van der Waals surface area (Å²) in [4.78, 5) is 16.6. The number of carbonyl (C=O) groups is 1. The maximum Gasteiger partial charge on any atom is 0.141 e. The van der Waals surface area contributed by atoms with E-state index in [0.29, 0.717) is 5.92 Å². The SMILES string of the molecule is Nc1ccccc1CCN1CCC(CN2Cc3ccccc3C2C=O)CC1. The average molecular weight is 364 g/mol. The number of likely N-dealkylation sites (tertiary alicyclic amines) is 1. The molecule has 0 amide bonds. The van der Waals surface area contributed by atoms with Crippen molar-refractivity contribution in [1.29, 1.82) is 0 Å². The predicted octanol–water partition coefficient (Wildman–Crippen LogP) is 3.28. The summed E-state index contributed by atoms with van der Waals surface area (Å²) in [5.41, 5.74) is 10.7. The highest BCUT2D eigenvalue weighted by molar-refractivity contribution is 5.64. The zero-order chi connectivity index (χ0) is 18.6. The van der Waals surface area contributed by atoms with E-state index in [1.54, 1.807) is 0 Å². The van der Waals surface area contributed by atoms with Gasteiger partial charge in [-0.05, 0) is 61.0 Å². The highest BCUT2D eigenvalue weighted by atomic mass is 16.1. The van der Waals surface area contributed by atoms with E-state index in [9.17, 15) is 4.79 Å². The molecule has 0 aliphatic carbocycles. The molecule has 0 saturated carbocycles. The molecule has 2 aromatic rings. The number of benzene rings is 2. The fourth-order valence-corrected chi connectivity index (χ4v) is 4.58. The first-order chi connectivity index (χ1) is 13.2. The maximum atomic E-state index is 11.7. The standard InChI is InChI=1S/C23H29N3O/c24-22-8-4-2-5-19(22)11-14-25-12-9-18(10-13-25)15-26-16-20-6-1-3-7-21(20)23(26)17-27/h1-8,17-18,23H,9-16,24H2. The molecule has 1 saturated heterocycles. The van der Waals surface area contributed by atoms with Crippen LogP contribution in [0.1, 0.15) is 35.6 Å². The van der Waals surface area contributed by atoms with Gasteiger partial charge in [0.1, 0.15) is 6.29 Å². The average Bonchev–Trinajstić information content (AvgIpc) is 3.05. The van der Waals surface area contributed by atoms with E-state index in [1.807, 2.05) is 18.2 Å². The largest absolute Gasteiger partial charge is 0.399 e. The summed E-state index contributed by atoms with van der Waals surface area (Å²) < 4.78 is 0. The monoisotopic (exact) mass is 363 g/mol. The Hall–Kier alpha value is -2.17. The molecule has 0 bridgehead atoms. The number of rotatable bonds is 6. The fourth-order valence-electron chi connectivity index (χ4n) is 4.58. The van der Waals surface area contributed by atoms with Gasteiger partial charge in [0.15, 0.2) is 0 Å². The van der Waals surface area contributed by atoms with Crippen molar-refractivity contribution in [2.45, 2.75) is 31.8 Å². The Bertz CT molecular complexity index is 783. The molecule has 1 unspecified atom stereocenters. The summed E-state index contributed by atoms with van der Waals surface area (Å²) >= 11 is 0. The van der Waals surface area contributed by atoms with Crippen LogP contribution in [0, 0.1) is 5.92 Å². The van der Waals surface area contributed by atoms with Crippen LogP contribution >= 0.6 is 0 Å². The number of hydrogen-bond donors (Lipinski definition) is 1. The number of carbonyl (C=O) groups excluding carboxylic acids is 1. The smallest absolute Gasteiger partial charge is 0.141 e. The van der Waals surface area contributed by atoms with Crippen LogP contribution < -0.4 is 5.73 Å². The molecule has 4 rings (SSSR count). The van der Waals surface area contributed by atoms with Crippen molar-refractivity contribution < 1.29 is 4.79 Å². The zero-order valence-corrected chi connectivity index (χ0v) is 15.9.